The summed E-state index contributed by atoms with van der Waals surface area (Å²) in [6.07, 6.45) is 14.9. The Balaban J connectivity index is 0.927. The zero-order valence-corrected chi connectivity index (χ0v) is 47.7. The first-order chi connectivity index (χ1) is 36.1. The van der Waals surface area contributed by atoms with E-state index in [-0.39, 0.29) is 16.2 Å². The molecule has 1 aliphatic carbocycles. The quantitative estimate of drug-likeness (QED) is 0.114. The summed E-state index contributed by atoms with van der Waals surface area (Å²) in [5.74, 6) is 0. The molecule has 372 valence electrons. The summed E-state index contributed by atoms with van der Waals surface area (Å²) in [6.45, 7) is 13.4. The van der Waals surface area contributed by atoms with Crippen LogP contribution in [0.3, 0.4) is 0 Å². The van der Waals surface area contributed by atoms with Crippen molar-refractivity contribution in [2.45, 2.75) is 60.8 Å². The van der Waals surface area contributed by atoms with Crippen LogP contribution < -0.4 is 0 Å². The largest absolute Gasteiger partial charge is 0.259 e. The van der Waals surface area contributed by atoms with Crippen LogP contribution in [0.4, 0.5) is 17.1 Å². The van der Waals surface area contributed by atoms with E-state index >= 15 is 0 Å². The summed E-state index contributed by atoms with van der Waals surface area (Å²) in [5, 5.41) is 0. The molecule has 0 saturated heterocycles. The van der Waals surface area contributed by atoms with E-state index in [0.717, 1.165) is 117 Å². The summed E-state index contributed by atoms with van der Waals surface area (Å²) in [5.41, 5.74) is 17.9. The molecule has 1 saturated carbocycles. The van der Waals surface area contributed by atoms with Crippen LogP contribution >= 0.6 is 47.8 Å². The molecule has 3 heterocycles. The summed E-state index contributed by atoms with van der Waals surface area (Å²) in [4.78, 5) is 30.3. The predicted octanol–water partition coefficient (Wildman–Crippen LogP) is 19.8. The highest BCUT2D eigenvalue weighted by molar-refractivity contribution is 9.11. The third kappa shape index (κ3) is 11.9. The van der Waals surface area contributed by atoms with Gasteiger partial charge in [0.2, 0.25) is 0 Å². The van der Waals surface area contributed by atoms with Gasteiger partial charge in [0.05, 0.1) is 34.1 Å². The Morgan fingerprint density at radius 3 is 0.867 bits per heavy atom. The van der Waals surface area contributed by atoms with Crippen molar-refractivity contribution in [2.24, 2.45) is 31.2 Å². The molecule has 9 aromatic rings. The molecule has 0 aliphatic heterocycles. The number of rotatable bonds is 12. The van der Waals surface area contributed by atoms with Crippen LogP contribution in [0, 0.1) is 37.0 Å². The highest BCUT2D eigenvalue weighted by Crippen LogP contribution is 2.53. The smallest absolute Gasteiger partial charge is 0.0768 e. The van der Waals surface area contributed by atoms with Crippen LogP contribution in [0.25, 0.3) is 67.2 Å². The normalized spacial score (nSPS) is 18.8. The summed E-state index contributed by atoms with van der Waals surface area (Å²) in [6, 6.07) is 56.6. The van der Waals surface area contributed by atoms with Crippen molar-refractivity contribution in [2.75, 3.05) is 0 Å². The van der Waals surface area contributed by atoms with Gasteiger partial charge in [-0.1, -0.05) is 130 Å². The average molecular weight is 1170 g/mol. The van der Waals surface area contributed by atoms with Gasteiger partial charge in [-0.05, 0) is 176 Å². The Hall–Kier alpha value is -6.78. The maximum absolute atomic E-state index is 5.23. The average Bonchev–Trinajstić information content (AvgIpc) is 3.40. The first-order valence-electron chi connectivity index (χ1n) is 25.2. The predicted molar refractivity (Wildman–Crippen MR) is 325 cm³/mol. The first-order valence-corrected chi connectivity index (χ1v) is 27.6. The van der Waals surface area contributed by atoms with Crippen molar-refractivity contribution in [3.05, 3.63) is 212 Å². The van der Waals surface area contributed by atoms with Gasteiger partial charge in [0.1, 0.15) is 0 Å². The molecule has 0 bridgehead atoms. The second-order valence-corrected chi connectivity index (χ2v) is 23.6. The van der Waals surface area contributed by atoms with Crippen molar-refractivity contribution in [3.63, 3.8) is 0 Å². The van der Waals surface area contributed by atoms with Crippen LogP contribution in [0.2, 0.25) is 0 Å². The monoisotopic (exact) mass is 1170 g/mol. The number of hydrogen-bond donors (Lipinski definition) is 0. The molecule has 0 N–H and O–H groups in total. The minimum Gasteiger partial charge on any atom is -0.259 e. The third-order valence-corrected chi connectivity index (χ3v) is 16.2. The zero-order chi connectivity index (χ0) is 52.3. The van der Waals surface area contributed by atoms with Crippen LogP contribution in [0.15, 0.2) is 211 Å². The van der Waals surface area contributed by atoms with Crippen LogP contribution in [-0.2, 0) is 0 Å². The molecule has 0 amide bonds. The Morgan fingerprint density at radius 2 is 0.627 bits per heavy atom. The molecule has 0 spiro atoms. The zero-order valence-electron chi connectivity index (χ0n) is 43.0. The molecular formula is C66H57Br3N6. The Kier molecular flexibility index (Phi) is 15.0. The van der Waals surface area contributed by atoms with Gasteiger partial charge < -0.3 is 0 Å². The van der Waals surface area contributed by atoms with E-state index in [1.165, 1.54) is 16.7 Å². The van der Waals surface area contributed by atoms with Gasteiger partial charge in [-0.3, -0.25) is 29.9 Å². The van der Waals surface area contributed by atoms with Crippen LogP contribution in [0.1, 0.15) is 56.7 Å². The number of hydrogen-bond acceptors (Lipinski definition) is 6. The van der Waals surface area contributed by atoms with Crippen molar-refractivity contribution in [3.8, 4) is 67.2 Å². The van der Waals surface area contributed by atoms with Crippen molar-refractivity contribution in [1.29, 1.82) is 0 Å². The van der Waals surface area contributed by atoms with E-state index in [9.17, 15) is 0 Å². The molecule has 0 unspecified atom stereocenters. The summed E-state index contributed by atoms with van der Waals surface area (Å²) >= 11 is 11.7. The number of aliphatic imine (C=N–C) groups is 3. The van der Waals surface area contributed by atoms with E-state index in [4.69, 9.17) is 29.9 Å². The lowest BCUT2D eigenvalue weighted by atomic mass is 9.55. The standard InChI is InChI=1S/C66H57Br3N6/c1-43-28-61(70-34-52(43)46-16-10-7-11-17-46)49-22-25-58(55(67)31-49)73-40-64(4)37-65(5,41-74-59-26-23-50(32-56(59)68)62-29-44(2)53(35-71-62)47-18-12-8-13-19-47)39-66(6,38-64)42-75-60-27-24-51(33-57(60)69)63-30-45(3)54(36-72-63)48-20-14-9-15-21-48/h7-36,40-42H,37-39H2,1-6H3. The summed E-state index contributed by atoms with van der Waals surface area (Å²) in [7, 11) is 0. The van der Waals surface area contributed by atoms with E-state index in [2.05, 4.69) is 254 Å². The first kappa shape index (κ1) is 51.7. The molecule has 1 fully saturated rings. The van der Waals surface area contributed by atoms with E-state index in [1.54, 1.807) is 0 Å². The second kappa shape index (κ2) is 21.8. The maximum Gasteiger partial charge on any atom is 0.0768 e. The molecular weight excluding hydrogens is 1120 g/mol. The topological polar surface area (TPSA) is 75.8 Å². The number of pyridine rings is 3. The number of nitrogens with zero attached hydrogens (tertiary/aromatic N) is 6. The van der Waals surface area contributed by atoms with E-state index in [0.29, 0.717) is 0 Å². The molecule has 9 heteroatoms. The Bertz CT molecular complexity index is 3260. The molecule has 1 aliphatic rings. The fourth-order valence-corrected chi connectivity index (χ4v) is 12.6. The van der Waals surface area contributed by atoms with Crippen LogP contribution in [-0.4, -0.2) is 33.6 Å². The SMILES string of the molecule is Cc1cc(-c2ccc(N=CC3(C)CC(C)(C=Nc4ccc(-c5cc(C)c(-c6ccccc6)cn5)cc4Br)CC(C)(C=Nc4ccc(-c5cc(C)c(-c6ccccc6)cn5)cc4Br)C3)c(Br)c2)ncc1-c1ccccc1. The molecule has 6 aromatic carbocycles. The van der Waals surface area contributed by atoms with Crippen molar-refractivity contribution < 1.29 is 0 Å². The number of aryl methyl sites for hydroxylation is 3. The third-order valence-electron chi connectivity index (χ3n) is 14.3. The van der Waals surface area contributed by atoms with Crippen molar-refractivity contribution >= 4 is 83.5 Å². The highest BCUT2D eigenvalue weighted by atomic mass is 79.9. The minimum absolute atomic E-state index is 0.323. The van der Waals surface area contributed by atoms with E-state index < -0.39 is 0 Å². The van der Waals surface area contributed by atoms with E-state index in [1.807, 2.05) is 36.8 Å². The summed E-state index contributed by atoms with van der Waals surface area (Å²) < 4.78 is 2.73. The Morgan fingerprint density at radius 1 is 0.360 bits per heavy atom. The van der Waals surface area contributed by atoms with Gasteiger partial charge in [-0.2, -0.15) is 0 Å². The number of halogens is 3. The molecule has 0 atom stereocenters. The number of aromatic nitrogens is 3. The van der Waals surface area contributed by atoms with Crippen LogP contribution in [0.5, 0.6) is 0 Å². The fraction of sp³-hybridized carbons (Fsp3) is 0.182. The van der Waals surface area contributed by atoms with Gasteiger partial charge in [0.15, 0.2) is 0 Å². The van der Waals surface area contributed by atoms with Gasteiger partial charge in [-0.15, -0.1) is 0 Å². The fourth-order valence-electron chi connectivity index (χ4n) is 11.1. The lowest BCUT2D eigenvalue weighted by Gasteiger charge is -2.49. The molecule has 3 aromatic heterocycles. The maximum atomic E-state index is 5.23. The van der Waals surface area contributed by atoms with Gasteiger partial charge >= 0.3 is 0 Å². The molecule has 10 rings (SSSR count). The molecule has 75 heavy (non-hydrogen) atoms. The lowest BCUT2D eigenvalue weighted by Crippen LogP contribution is -2.44. The Labute approximate surface area is 466 Å². The molecule has 6 nitrogen and oxygen atoms in total. The van der Waals surface area contributed by atoms with Gasteiger partial charge in [-0.25, -0.2) is 0 Å². The minimum atomic E-state index is -0.323. The van der Waals surface area contributed by atoms with Crippen molar-refractivity contribution in [1.82, 2.24) is 15.0 Å². The second-order valence-electron chi connectivity index (χ2n) is 21.0. The highest BCUT2D eigenvalue weighted by Gasteiger charge is 2.47. The lowest BCUT2D eigenvalue weighted by molar-refractivity contribution is 0.121. The number of benzene rings is 6. The van der Waals surface area contributed by atoms with Gasteiger partial charge in [0, 0.05) is 100 Å². The van der Waals surface area contributed by atoms with Gasteiger partial charge in [0.25, 0.3) is 0 Å². The molecule has 0 radical (unpaired) electrons.